The van der Waals surface area contributed by atoms with Crippen molar-refractivity contribution in [2.75, 3.05) is 12.4 Å². The predicted molar refractivity (Wildman–Crippen MR) is 96.7 cm³/mol. The first kappa shape index (κ1) is 17.9. The zero-order valence-corrected chi connectivity index (χ0v) is 15.2. The fourth-order valence-corrected chi connectivity index (χ4v) is 4.62. The van der Waals surface area contributed by atoms with Crippen LogP contribution in [-0.4, -0.2) is 41.7 Å². The molecule has 2 amide bonds. The van der Waals surface area contributed by atoms with E-state index in [0.29, 0.717) is 22.2 Å². The molecule has 0 radical (unpaired) electrons. The molecule has 0 saturated heterocycles. The Labute approximate surface area is 153 Å². The molecule has 0 saturated carbocycles. The second-order valence-corrected chi connectivity index (χ2v) is 8.71. The van der Waals surface area contributed by atoms with Crippen molar-refractivity contribution in [2.24, 2.45) is 0 Å². The topological polar surface area (TPSA) is 119 Å². The van der Waals surface area contributed by atoms with E-state index >= 15 is 0 Å². The van der Waals surface area contributed by atoms with Gasteiger partial charge in [0.1, 0.15) is 0 Å². The van der Waals surface area contributed by atoms with Crippen LogP contribution in [-0.2, 0) is 8.87 Å². The number of nitrogens with one attached hydrogen (secondary N) is 2. The summed E-state index contributed by atoms with van der Waals surface area (Å²) in [6.07, 6.45) is 0. The second-order valence-electron chi connectivity index (χ2n) is 4.98. The van der Waals surface area contributed by atoms with Crippen molar-refractivity contribution in [2.45, 2.75) is 10.1 Å². The van der Waals surface area contributed by atoms with E-state index in [4.69, 9.17) is 0 Å². The maximum Gasteiger partial charge on any atom is 0.318 e. The van der Waals surface area contributed by atoms with Gasteiger partial charge in [-0.05, 0) is 40.8 Å². The molecule has 134 valence electrons. The van der Waals surface area contributed by atoms with Crippen LogP contribution in [0.25, 0.3) is 5.69 Å². The van der Waals surface area contributed by atoms with E-state index < -0.39 is 8.87 Å². The summed E-state index contributed by atoms with van der Waals surface area (Å²) in [7, 11) is -1.62. The van der Waals surface area contributed by atoms with Gasteiger partial charge in [-0.3, -0.25) is 0 Å². The Morgan fingerprint density at radius 2 is 1.88 bits per heavy atom. The van der Waals surface area contributed by atoms with Crippen LogP contribution in [0, 0.1) is 0 Å². The average molecular weight is 390 g/mol. The van der Waals surface area contributed by atoms with Crippen molar-refractivity contribution in [1.82, 2.24) is 25.5 Å². The van der Waals surface area contributed by atoms with Gasteiger partial charge in [0, 0.05) is 12.7 Å². The van der Waals surface area contributed by atoms with Crippen molar-refractivity contribution < 1.29 is 13.2 Å². The number of urea groups is 1. The van der Waals surface area contributed by atoms with Crippen LogP contribution in [0.15, 0.2) is 64.6 Å². The Balaban J connectivity index is 1.90. The number of amides is 2. The van der Waals surface area contributed by atoms with Gasteiger partial charge in [-0.2, -0.15) is 4.68 Å². The smallest absolute Gasteiger partial charge is 0.318 e. The standard InChI is InChI=1S/C15H14N6O3S2/c1-16-14(22)17-11-6-5-7-12(10-11)21-15(18-19-20-21)25-26(23,24)13-8-3-2-4-9-13/h2-10H,1H3,(H2,16,17,22). The second kappa shape index (κ2) is 7.54. The quantitative estimate of drug-likeness (QED) is 0.639. The van der Waals surface area contributed by atoms with Crippen LogP contribution in [0.4, 0.5) is 10.5 Å². The molecule has 3 aromatic rings. The molecule has 2 aromatic carbocycles. The Hall–Kier alpha value is -2.92. The molecule has 11 heteroatoms. The zero-order chi connectivity index (χ0) is 18.6. The van der Waals surface area contributed by atoms with Crippen LogP contribution in [0.5, 0.6) is 0 Å². The van der Waals surface area contributed by atoms with E-state index in [1.807, 2.05) is 0 Å². The highest BCUT2D eigenvalue weighted by molar-refractivity contribution is 8.72. The number of aromatic nitrogens is 4. The number of hydrogen-bond acceptors (Lipinski definition) is 7. The van der Waals surface area contributed by atoms with Crippen LogP contribution < -0.4 is 10.6 Å². The van der Waals surface area contributed by atoms with Crippen LogP contribution in [0.1, 0.15) is 0 Å². The summed E-state index contributed by atoms with van der Waals surface area (Å²) in [5.41, 5.74) is 1.02. The van der Waals surface area contributed by atoms with Crippen molar-refractivity contribution in [1.29, 1.82) is 0 Å². The Kier molecular flexibility index (Phi) is 5.19. The van der Waals surface area contributed by atoms with Gasteiger partial charge in [0.05, 0.1) is 21.4 Å². The van der Waals surface area contributed by atoms with E-state index in [1.54, 1.807) is 42.5 Å². The number of rotatable bonds is 5. The fourth-order valence-electron chi connectivity index (χ4n) is 2.04. The highest BCUT2D eigenvalue weighted by atomic mass is 33.1. The molecule has 2 N–H and O–H groups in total. The van der Waals surface area contributed by atoms with E-state index in [-0.39, 0.29) is 16.1 Å². The van der Waals surface area contributed by atoms with Crippen molar-refractivity contribution in [3.8, 4) is 5.69 Å². The first-order valence-electron chi connectivity index (χ1n) is 7.37. The summed E-state index contributed by atoms with van der Waals surface area (Å²) < 4.78 is 26.3. The van der Waals surface area contributed by atoms with Crippen LogP contribution >= 0.6 is 10.8 Å². The summed E-state index contributed by atoms with van der Waals surface area (Å²) in [5, 5.41) is 16.4. The maximum atomic E-state index is 12.5. The third-order valence-corrected chi connectivity index (χ3v) is 6.39. The van der Waals surface area contributed by atoms with E-state index in [0.717, 1.165) is 0 Å². The third-order valence-electron chi connectivity index (χ3n) is 3.23. The van der Waals surface area contributed by atoms with Gasteiger partial charge in [0.15, 0.2) is 0 Å². The van der Waals surface area contributed by atoms with E-state index in [9.17, 15) is 13.2 Å². The first-order valence-corrected chi connectivity index (χ1v) is 10.2. The number of tetrazole rings is 1. The lowest BCUT2D eigenvalue weighted by Crippen LogP contribution is -2.24. The molecule has 1 heterocycles. The Morgan fingerprint density at radius 3 is 2.62 bits per heavy atom. The molecule has 3 rings (SSSR count). The molecule has 0 unspecified atom stereocenters. The molecule has 0 atom stereocenters. The molecule has 1 aromatic heterocycles. The van der Waals surface area contributed by atoms with Crippen molar-refractivity contribution in [3.05, 3.63) is 54.6 Å². The minimum absolute atomic E-state index is 0.0888. The van der Waals surface area contributed by atoms with Crippen molar-refractivity contribution >= 4 is 31.4 Å². The van der Waals surface area contributed by atoms with Gasteiger partial charge in [-0.15, -0.1) is 5.10 Å². The summed E-state index contributed by atoms with van der Waals surface area (Å²) >= 11 is 0. The summed E-state index contributed by atoms with van der Waals surface area (Å²) in [6, 6.07) is 14.4. The molecule has 0 aliphatic carbocycles. The lowest BCUT2D eigenvalue weighted by atomic mass is 10.3. The average Bonchev–Trinajstić information content (AvgIpc) is 3.10. The fraction of sp³-hybridized carbons (Fsp3) is 0.0667. The van der Waals surface area contributed by atoms with Gasteiger partial charge in [-0.25, -0.2) is 13.2 Å². The highest BCUT2D eigenvalue weighted by Crippen LogP contribution is 2.30. The lowest BCUT2D eigenvalue weighted by molar-refractivity contribution is 0.254. The summed E-state index contributed by atoms with van der Waals surface area (Å²) in [4.78, 5) is 11.6. The van der Waals surface area contributed by atoms with Gasteiger partial charge >= 0.3 is 6.03 Å². The number of benzene rings is 2. The molecular weight excluding hydrogens is 376 g/mol. The monoisotopic (exact) mass is 390 g/mol. The maximum absolute atomic E-state index is 12.5. The largest absolute Gasteiger partial charge is 0.341 e. The molecule has 0 aliphatic rings. The highest BCUT2D eigenvalue weighted by Gasteiger charge is 2.21. The zero-order valence-electron chi connectivity index (χ0n) is 13.5. The first-order chi connectivity index (χ1) is 12.5. The molecule has 26 heavy (non-hydrogen) atoms. The van der Waals surface area contributed by atoms with Gasteiger partial charge in [0.2, 0.25) is 14.0 Å². The Morgan fingerprint density at radius 1 is 1.12 bits per heavy atom. The minimum atomic E-state index is -3.67. The predicted octanol–water partition coefficient (Wildman–Crippen LogP) is 1.89. The molecule has 0 bridgehead atoms. The van der Waals surface area contributed by atoms with E-state index in [2.05, 4.69) is 26.2 Å². The number of carbonyl (C=O) groups is 1. The van der Waals surface area contributed by atoms with Gasteiger partial charge < -0.3 is 10.6 Å². The third kappa shape index (κ3) is 4.00. The Bertz CT molecular complexity index is 1020. The normalized spacial score (nSPS) is 11.1. The van der Waals surface area contributed by atoms with Crippen molar-refractivity contribution in [3.63, 3.8) is 0 Å². The molecule has 9 nitrogen and oxygen atoms in total. The molecule has 0 aliphatic heterocycles. The van der Waals surface area contributed by atoms with Crippen LogP contribution in [0.3, 0.4) is 0 Å². The number of nitrogens with zero attached hydrogens (tertiary/aromatic N) is 4. The number of anilines is 1. The van der Waals surface area contributed by atoms with Gasteiger partial charge in [-0.1, -0.05) is 24.3 Å². The SMILES string of the molecule is CNC(=O)Nc1cccc(-n2nnnc2SS(=O)(=O)c2ccccc2)c1. The number of carbonyl (C=O) groups excluding carboxylic acids is 1. The minimum Gasteiger partial charge on any atom is -0.341 e. The summed E-state index contributed by atoms with van der Waals surface area (Å²) in [5.74, 6) is 0. The molecule has 0 spiro atoms. The lowest BCUT2D eigenvalue weighted by Gasteiger charge is -2.08. The summed E-state index contributed by atoms with van der Waals surface area (Å²) in [6.45, 7) is 0. The van der Waals surface area contributed by atoms with Gasteiger partial charge in [0.25, 0.3) is 0 Å². The number of hydrogen-bond donors (Lipinski definition) is 2. The van der Waals surface area contributed by atoms with E-state index in [1.165, 1.54) is 23.9 Å². The van der Waals surface area contributed by atoms with Crippen LogP contribution in [0.2, 0.25) is 0 Å². The molecule has 0 fully saturated rings. The molecular formula is C15H14N6O3S2.